The van der Waals surface area contributed by atoms with Crippen LogP contribution in [0.15, 0.2) is 28.9 Å². The highest BCUT2D eigenvalue weighted by atomic mass is 79.9. The fraction of sp³-hybridized carbons (Fsp3) is 0.231. The second-order valence-electron chi connectivity index (χ2n) is 3.99. The molecule has 0 amide bonds. The van der Waals surface area contributed by atoms with Crippen LogP contribution in [0.4, 0.5) is 8.78 Å². The molecule has 0 N–H and O–H groups in total. The lowest BCUT2D eigenvalue weighted by Gasteiger charge is -2.06. The van der Waals surface area contributed by atoms with Gasteiger partial charge in [0.05, 0.1) is 10.7 Å². The first-order valence-corrected chi connectivity index (χ1v) is 6.50. The van der Waals surface area contributed by atoms with Crippen LogP contribution in [-0.4, -0.2) is 15.6 Å². The molecule has 0 unspecified atom stereocenters. The van der Waals surface area contributed by atoms with Crippen LogP contribution in [0.25, 0.3) is 0 Å². The van der Waals surface area contributed by atoms with Gasteiger partial charge >= 0.3 is 0 Å². The quantitative estimate of drug-likeness (QED) is 0.806. The Hall–Kier alpha value is -1.56. The molecule has 0 radical (unpaired) electrons. The third kappa shape index (κ3) is 2.89. The van der Waals surface area contributed by atoms with E-state index in [0.29, 0.717) is 16.7 Å². The number of ketones is 1. The van der Waals surface area contributed by atoms with E-state index in [0.717, 1.165) is 12.1 Å². The van der Waals surface area contributed by atoms with Crippen LogP contribution in [0.1, 0.15) is 23.0 Å². The molecule has 19 heavy (non-hydrogen) atoms. The van der Waals surface area contributed by atoms with E-state index in [4.69, 9.17) is 0 Å². The number of aryl methyl sites for hydroxylation is 1. The second-order valence-corrected chi connectivity index (χ2v) is 4.85. The molecule has 0 fully saturated rings. The third-order valence-electron chi connectivity index (χ3n) is 2.72. The molecule has 0 spiro atoms. The number of carbonyl (C=O) groups excluding carboxylic acids is 1. The van der Waals surface area contributed by atoms with Crippen molar-refractivity contribution in [3.63, 3.8) is 0 Å². The molecule has 0 aliphatic heterocycles. The van der Waals surface area contributed by atoms with Crippen LogP contribution in [0.3, 0.4) is 0 Å². The van der Waals surface area contributed by atoms with E-state index in [1.165, 1.54) is 16.9 Å². The van der Waals surface area contributed by atoms with E-state index >= 15 is 0 Å². The smallest absolute Gasteiger partial charge is 0.186 e. The molecule has 0 saturated carbocycles. The summed E-state index contributed by atoms with van der Waals surface area (Å²) in [7, 11) is 0. The number of rotatable bonds is 4. The first-order valence-electron chi connectivity index (χ1n) is 5.71. The molecular weight excluding hydrogens is 318 g/mol. The Labute approximate surface area is 117 Å². The average Bonchev–Trinajstić information content (AvgIpc) is 2.74. The minimum atomic E-state index is -0.716. The van der Waals surface area contributed by atoms with Crippen molar-refractivity contribution in [3.8, 4) is 0 Å². The van der Waals surface area contributed by atoms with E-state index in [1.807, 2.05) is 6.92 Å². The fourth-order valence-electron chi connectivity index (χ4n) is 1.80. The van der Waals surface area contributed by atoms with Gasteiger partial charge in [0.15, 0.2) is 5.78 Å². The number of benzene rings is 1. The number of aromatic nitrogens is 2. The maximum atomic E-state index is 13.5. The van der Waals surface area contributed by atoms with E-state index in [-0.39, 0.29) is 17.8 Å². The summed E-state index contributed by atoms with van der Waals surface area (Å²) >= 11 is 3.24. The molecule has 0 saturated heterocycles. The van der Waals surface area contributed by atoms with Crippen LogP contribution in [-0.2, 0) is 13.0 Å². The molecule has 6 heteroatoms. The van der Waals surface area contributed by atoms with Gasteiger partial charge in [0.2, 0.25) is 0 Å². The van der Waals surface area contributed by atoms with Gasteiger partial charge in [-0.15, -0.1) is 0 Å². The van der Waals surface area contributed by atoms with Crippen LogP contribution >= 0.6 is 15.9 Å². The number of Topliss-reactive ketones (excluding diaryl/α,β-unsaturated/α-hetero) is 1. The molecule has 1 aromatic carbocycles. The third-order valence-corrected chi connectivity index (χ3v) is 3.30. The van der Waals surface area contributed by atoms with E-state index < -0.39 is 11.6 Å². The second kappa shape index (κ2) is 5.61. The highest BCUT2D eigenvalue weighted by molar-refractivity contribution is 9.10. The summed E-state index contributed by atoms with van der Waals surface area (Å²) in [5.41, 5.74) is 0.563. The lowest BCUT2D eigenvalue weighted by molar-refractivity contribution is 0.0980. The average molecular weight is 329 g/mol. The molecule has 0 bridgehead atoms. The first kappa shape index (κ1) is 13.9. The van der Waals surface area contributed by atoms with Gasteiger partial charge in [0.1, 0.15) is 17.3 Å². The zero-order chi connectivity index (χ0) is 14.0. The molecule has 2 rings (SSSR count). The molecule has 100 valence electrons. The lowest BCUT2D eigenvalue weighted by Crippen LogP contribution is -2.13. The van der Waals surface area contributed by atoms with Gasteiger partial charge in [0.25, 0.3) is 0 Å². The summed E-state index contributed by atoms with van der Waals surface area (Å²) in [6.07, 6.45) is 1.40. The van der Waals surface area contributed by atoms with Crippen molar-refractivity contribution in [2.45, 2.75) is 19.9 Å². The summed E-state index contributed by atoms with van der Waals surface area (Å²) in [6, 6.07) is 3.19. The number of hydrogen-bond acceptors (Lipinski definition) is 2. The number of hydrogen-bond donors (Lipinski definition) is 0. The summed E-state index contributed by atoms with van der Waals surface area (Å²) in [5.74, 6) is -1.64. The lowest BCUT2D eigenvalue weighted by atomic mass is 10.1. The summed E-state index contributed by atoms with van der Waals surface area (Å²) < 4.78 is 28.4. The Morgan fingerprint density at radius 1 is 1.42 bits per heavy atom. The molecule has 0 atom stereocenters. The minimum Gasteiger partial charge on any atom is -0.292 e. The van der Waals surface area contributed by atoms with Crippen LogP contribution in [0.2, 0.25) is 0 Å². The van der Waals surface area contributed by atoms with Crippen LogP contribution < -0.4 is 0 Å². The zero-order valence-corrected chi connectivity index (χ0v) is 11.7. The highest BCUT2D eigenvalue weighted by Crippen LogP contribution is 2.19. The predicted octanol–water partition coefficient (Wildman–Crippen LogP) is 3.37. The molecule has 3 nitrogen and oxygen atoms in total. The Morgan fingerprint density at radius 2 is 2.16 bits per heavy atom. The topological polar surface area (TPSA) is 34.9 Å². The van der Waals surface area contributed by atoms with Crippen molar-refractivity contribution in [1.29, 1.82) is 0 Å². The molecule has 2 aromatic rings. The van der Waals surface area contributed by atoms with Gasteiger partial charge in [-0.05, 0) is 34.5 Å². The number of halogens is 3. The van der Waals surface area contributed by atoms with Crippen LogP contribution in [0.5, 0.6) is 0 Å². The van der Waals surface area contributed by atoms with E-state index in [1.54, 1.807) is 0 Å². The van der Waals surface area contributed by atoms with Crippen molar-refractivity contribution >= 4 is 21.7 Å². The highest BCUT2D eigenvalue weighted by Gasteiger charge is 2.18. The van der Waals surface area contributed by atoms with Crippen molar-refractivity contribution in [2.75, 3.05) is 0 Å². The number of nitrogens with zero attached hydrogens (tertiary/aromatic N) is 2. The Kier molecular flexibility index (Phi) is 4.09. The SMILES string of the molecule is CCn1ncc(Br)c1C(=O)Cc1ccc(F)cc1F. The zero-order valence-electron chi connectivity index (χ0n) is 10.2. The normalized spacial score (nSPS) is 10.7. The molecule has 1 aromatic heterocycles. The maximum Gasteiger partial charge on any atom is 0.186 e. The maximum absolute atomic E-state index is 13.5. The van der Waals surface area contributed by atoms with Gasteiger partial charge in [-0.3, -0.25) is 9.48 Å². The molecule has 1 heterocycles. The standard InChI is InChI=1S/C13H11BrF2N2O/c1-2-18-13(10(14)7-17-18)12(19)5-8-3-4-9(15)6-11(8)16/h3-4,6-7H,2,5H2,1H3. The van der Waals surface area contributed by atoms with Crippen molar-refractivity contribution in [2.24, 2.45) is 0 Å². The number of carbonyl (C=O) groups is 1. The van der Waals surface area contributed by atoms with Gasteiger partial charge in [-0.25, -0.2) is 8.78 Å². The van der Waals surface area contributed by atoms with Gasteiger partial charge in [0, 0.05) is 19.0 Å². The first-order chi connectivity index (χ1) is 9.02. The van der Waals surface area contributed by atoms with Gasteiger partial charge in [-0.2, -0.15) is 5.10 Å². The predicted molar refractivity (Wildman–Crippen MR) is 70.0 cm³/mol. The fourth-order valence-corrected chi connectivity index (χ4v) is 2.32. The van der Waals surface area contributed by atoms with Gasteiger partial charge < -0.3 is 0 Å². The monoisotopic (exact) mass is 328 g/mol. The Balaban J connectivity index is 2.28. The molecule has 0 aliphatic carbocycles. The van der Waals surface area contributed by atoms with E-state index in [9.17, 15) is 13.6 Å². The van der Waals surface area contributed by atoms with Gasteiger partial charge in [-0.1, -0.05) is 6.07 Å². The summed E-state index contributed by atoms with van der Waals surface area (Å²) in [6.45, 7) is 2.40. The summed E-state index contributed by atoms with van der Waals surface area (Å²) in [5, 5.41) is 4.03. The largest absolute Gasteiger partial charge is 0.292 e. The summed E-state index contributed by atoms with van der Waals surface area (Å²) in [4.78, 5) is 12.2. The Bertz CT molecular complexity index is 625. The Morgan fingerprint density at radius 3 is 2.79 bits per heavy atom. The molecule has 0 aliphatic rings. The van der Waals surface area contributed by atoms with Crippen molar-refractivity contribution in [1.82, 2.24) is 9.78 Å². The van der Waals surface area contributed by atoms with Crippen LogP contribution in [0, 0.1) is 11.6 Å². The molecular formula is C13H11BrF2N2O. The van der Waals surface area contributed by atoms with Crippen molar-refractivity contribution in [3.05, 3.63) is 51.8 Å². The minimum absolute atomic E-state index is 0.129. The van der Waals surface area contributed by atoms with E-state index in [2.05, 4.69) is 21.0 Å². The van der Waals surface area contributed by atoms with Crippen molar-refractivity contribution < 1.29 is 13.6 Å².